The van der Waals surface area contributed by atoms with E-state index in [4.69, 9.17) is 0 Å². The average Bonchev–Trinajstić information content (AvgIpc) is 2.86. The van der Waals surface area contributed by atoms with Crippen molar-refractivity contribution in [1.29, 1.82) is 0 Å². The molecule has 4 nitrogen and oxygen atoms in total. The summed E-state index contributed by atoms with van der Waals surface area (Å²) in [6.45, 7) is 8.15. The Labute approximate surface area is 241 Å². The number of benzene rings is 2. The van der Waals surface area contributed by atoms with Gasteiger partial charge in [-0.25, -0.2) is 5.57 Å². The van der Waals surface area contributed by atoms with Crippen LogP contribution in [0.25, 0.3) is 0 Å². The second-order valence-electron chi connectivity index (χ2n) is 9.03. The Bertz CT molecular complexity index is 1150. The van der Waals surface area contributed by atoms with Gasteiger partial charge in [0, 0.05) is 4.90 Å². The first-order valence-electron chi connectivity index (χ1n) is 12.8. The molecule has 0 fully saturated rings. The van der Waals surface area contributed by atoms with Gasteiger partial charge < -0.3 is 5.41 Å². The monoisotopic (exact) mass is 693 g/mol. The van der Waals surface area contributed by atoms with Gasteiger partial charge in [-0.05, 0) is 47.8 Å². The van der Waals surface area contributed by atoms with Gasteiger partial charge in [-0.1, -0.05) is 113 Å². The molecule has 2 rings (SSSR count). The number of allylic oxidation sites excluding steroid dienone is 1. The number of halogens is 1. The molecule has 0 bridgehead atoms. The molecule has 0 spiro atoms. The van der Waals surface area contributed by atoms with E-state index in [0.717, 1.165) is 55.2 Å². The summed E-state index contributed by atoms with van der Waals surface area (Å²) < 4.78 is 44.6. The Morgan fingerprint density at radius 2 is 1.17 bits per heavy atom. The zero-order valence-electron chi connectivity index (χ0n) is 22.3. The second-order valence-corrected chi connectivity index (χ2v) is 12.8. The molecular weight excluding hydrogens is 655 g/mol. The van der Waals surface area contributed by atoms with E-state index in [9.17, 15) is 12.6 Å². The third-order valence-corrected chi connectivity index (χ3v) is 9.78. The molecular formula is C28H40INO3S2Zn. The maximum atomic E-state index is 14.2. The van der Waals surface area contributed by atoms with Crippen molar-refractivity contribution in [2.45, 2.75) is 102 Å². The van der Waals surface area contributed by atoms with Crippen LogP contribution in [0.3, 0.4) is 0 Å². The van der Waals surface area contributed by atoms with Crippen LogP contribution in [-0.4, -0.2) is 12.6 Å². The predicted octanol–water partition coefficient (Wildman–Crippen LogP) is 9.03. The molecule has 0 radical (unpaired) electrons. The number of rotatable bonds is 14. The molecule has 196 valence electrons. The van der Waals surface area contributed by atoms with Gasteiger partial charge in [0.2, 0.25) is 0 Å². The molecule has 2 aromatic carbocycles. The van der Waals surface area contributed by atoms with Crippen LogP contribution in [0.4, 0.5) is 0 Å². The average molecular weight is 695 g/mol. The van der Waals surface area contributed by atoms with Crippen molar-refractivity contribution >= 4 is 39.5 Å². The fraction of sp³-hybridized carbons (Fsp3) is 0.500. The van der Waals surface area contributed by atoms with Crippen molar-refractivity contribution in [2.24, 2.45) is 3.77 Å². The number of hydrogen-bond donors (Lipinski definition) is 0. The number of hydrogen-bond acceptors (Lipinski definition) is 3. The minimum absolute atomic E-state index is 0.0470. The van der Waals surface area contributed by atoms with Crippen molar-refractivity contribution in [2.75, 3.05) is 0 Å². The van der Waals surface area contributed by atoms with Gasteiger partial charge in [-0.15, -0.1) is 3.77 Å². The van der Waals surface area contributed by atoms with Crippen molar-refractivity contribution < 1.29 is 27.4 Å². The number of sulfonamides is 1. The quantitative estimate of drug-likeness (QED) is 0.0858. The SMILES string of the molecule is CCCCCCCCC(=[C-][S@@](=O)(=NS(=O)(=O)c1ccc(C)cc1)c1ccc(C)cc1)CCCC.[Zn+][I]. The molecule has 0 aromatic heterocycles. The standard InChI is InChI=1S/C28H40NO3S2.HI.Zn/c1-5-7-9-10-11-12-14-26(13-8-6-2)23-33(30,27-19-15-24(3)16-20-27)29-34(31,32)28-21-17-25(4)18-22-28;;/h15-22H,5-14H2,1-4H3;1H;/q-1;;+2/p-1/t33-;;/m0../s1. The van der Waals surface area contributed by atoms with E-state index in [0.29, 0.717) is 4.90 Å². The van der Waals surface area contributed by atoms with Crippen LogP contribution in [0.1, 0.15) is 89.2 Å². The second kappa shape index (κ2) is 17.9. The summed E-state index contributed by atoms with van der Waals surface area (Å²) in [5, 5.41) is 3.14. The Morgan fingerprint density at radius 1 is 0.722 bits per heavy atom. The number of aryl methyl sites for hydroxylation is 2. The van der Waals surface area contributed by atoms with Crippen LogP contribution in [-0.2, 0) is 34.5 Å². The van der Waals surface area contributed by atoms with Gasteiger partial charge in [0.1, 0.15) is 0 Å². The van der Waals surface area contributed by atoms with Crippen molar-refractivity contribution in [3.05, 3.63) is 70.6 Å². The Morgan fingerprint density at radius 3 is 1.69 bits per heavy atom. The normalized spacial score (nSPS) is 13.5. The third-order valence-electron chi connectivity index (χ3n) is 5.81. The molecule has 0 aliphatic carbocycles. The molecule has 0 N–H and O–H groups in total. The summed E-state index contributed by atoms with van der Waals surface area (Å²) in [5.41, 5.74) is 2.88. The summed E-state index contributed by atoms with van der Waals surface area (Å²) in [5.74, 6) is 0. The molecule has 0 amide bonds. The van der Waals surface area contributed by atoms with Crippen LogP contribution < -0.4 is 0 Å². The first-order valence-corrected chi connectivity index (χ1v) is 24.8. The molecule has 0 unspecified atom stereocenters. The fourth-order valence-corrected chi connectivity index (χ4v) is 7.31. The van der Waals surface area contributed by atoms with Crippen molar-refractivity contribution in [3.8, 4) is 0 Å². The topological polar surface area (TPSA) is 63.6 Å². The van der Waals surface area contributed by atoms with Gasteiger partial charge in [-0.2, -0.15) is 8.42 Å². The molecule has 1 atom stereocenters. The van der Waals surface area contributed by atoms with E-state index in [1.165, 1.54) is 52.6 Å². The molecule has 0 aliphatic heterocycles. The fourth-order valence-electron chi connectivity index (χ4n) is 3.67. The van der Waals surface area contributed by atoms with Crippen molar-refractivity contribution in [3.63, 3.8) is 0 Å². The van der Waals surface area contributed by atoms with Gasteiger partial charge in [0.15, 0.2) is 0 Å². The molecule has 0 saturated carbocycles. The Balaban J connectivity index is 0.00000316. The molecule has 8 heteroatoms. The Hall–Kier alpha value is -0.567. The molecule has 0 heterocycles. The summed E-state index contributed by atoms with van der Waals surface area (Å²) >= 11 is 3.62. The van der Waals surface area contributed by atoms with Gasteiger partial charge >= 0.3 is 34.5 Å². The van der Waals surface area contributed by atoms with Crippen LogP contribution in [0.5, 0.6) is 0 Å². The minimum atomic E-state index is -4.12. The first kappa shape index (κ1) is 33.5. The summed E-state index contributed by atoms with van der Waals surface area (Å²) in [6.07, 6.45) is 10.5. The number of nitrogens with zero attached hydrogens (tertiary/aromatic N) is 1. The van der Waals surface area contributed by atoms with Gasteiger partial charge in [0.05, 0.1) is 4.90 Å². The summed E-state index contributed by atoms with van der Waals surface area (Å²) in [7, 11) is -7.55. The maximum absolute atomic E-state index is 14.2. The van der Waals surface area contributed by atoms with Crippen molar-refractivity contribution in [1.82, 2.24) is 0 Å². The Kier molecular flexibility index (Phi) is 16.6. The van der Waals surface area contributed by atoms with E-state index in [1.807, 2.05) is 26.0 Å². The summed E-state index contributed by atoms with van der Waals surface area (Å²) in [4.78, 5) is 0.427. The van der Waals surface area contributed by atoms with E-state index >= 15 is 0 Å². The zero-order chi connectivity index (χ0) is 27.0. The van der Waals surface area contributed by atoms with Gasteiger partial charge in [0.25, 0.3) is 10.0 Å². The van der Waals surface area contributed by atoms with Gasteiger partial charge in [-0.3, -0.25) is 4.21 Å². The van der Waals surface area contributed by atoms with E-state index < -0.39 is 19.8 Å². The summed E-state index contributed by atoms with van der Waals surface area (Å²) in [6, 6.07) is 13.6. The molecule has 36 heavy (non-hydrogen) atoms. The van der Waals surface area contributed by atoms with E-state index in [-0.39, 0.29) is 4.90 Å². The molecule has 2 aromatic rings. The van der Waals surface area contributed by atoms with Crippen LogP contribution in [0.2, 0.25) is 0 Å². The van der Waals surface area contributed by atoms with E-state index in [2.05, 4.69) is 42.8 Å². The molecule has 0 saturated heterocycles. The van der Waals surface area contributed by atoms with Crippen LogP contribution in [0.15, 0.2) is 67.7 Å². The van der Waals surface area contributed by atoms with Crippen LogP contribution in [0, 0.1) is 19.3 Å². The zero-order valence-corrected chi connectivity index (χ0v) is 29.0. The van der Waals surface area contributed by atoms with Crippen LogP contribution >= 0.6 is 19.8 Å². The molecule has 0 aliphatic rings. The first-order chi connectivity index (χ1) is 17.2. The number of unbranched alkanes of at least 4 members (excludes halogenated alkanes) is 6. The predicted molar refractivity (Wildman–Crippen MR) is 157 cm³/mol. The third kappa shape index (κ3) is 11.9. The van der Waals surface area contributed by atoms with E-state index in [1.54, 1.807) is 24.3 Å².